The van der Waals surface area contributed by atoms with Crippen LogP contribution in [0.1, 0.15) is 95.6 Å². The Labute approximate surface area is 194 Å². The molecule has 4 heteroatoms. The Balaban J connectivity index is 1.48. The first-order valence-corrected chi connectivity index (χ1v) is 12.7. The lowest BCUT2D eigenvalue weighted by Crippen LogP contribution is -2.20. The van der Waals surface area contributed by atoms with E-state index in [0.717, 1.165) is 41.0 Å². The molecule has 172 valence electrons. The van der Waals surface area contributed by atoms with Crippen LogP contribution in [0.2, 0.25) is 0 Å². The lowest BCUT2D eigenvalue weighted by Gasteiger charge is -2.28. The maximum absolute atomic E-state index is 9.55. The molecule has 3 rings (SSSR count). The molecular formula is C28H39N3O. The number of unbranched alkanes of at least 4 members (excludes halogenated alkanes) is 4. The highest BCUT2D eigenvalue weighted by Crippen LogP contribution is 2.32. The Hall–Kier alpha value is -2.41. The van der Waals surface area contributed by atoms with Crippen molar-refractivity contribution in [1.29, 1.82) is 5.26 Å². The average Bonchev–Trinajstić information content (AvgIpc) is 2.84. The second-order valence-corrected chi connectivity index (χ2v) is 9.39. The molecule has 0 spiro atoms. The van der Waals surface area contributed by atoms with Gasteiger partial charge in [-0.3, -0.25) is 0 Å². The highest BCUT2D eigenvalue weighted by atomic mass is 16.5. The number of ether oxygens (including phenoxy) is 1. The summed E-state index contributed by atoms with van der Waals surface area (Å²) in [5.74, 6) is 1.55. The van der Waals surface area contributed by atoms with Gasteiger partial charge in [0.15, 0.2) is 0 Å². The van der Waals surface area contributed by atoms with E-state index >= 15 is 0 Å². The summed E-state index contributed by atoms with van der Waals surface area (Å²) in [4.78, 5) is 8.85. The van der Waals surface area contributed by atoms with E-state index in [0.29, 0.717) is 18.5 Å². The van der Waals surface area contributed by atoms with Crippen LogP contribution in [0.25, 0.3) is 11.1 Å². The Bertz CT molecular complexity index is 848. The first-order chi connectivity index (χ1) is 15.7. The Morgan fingerprint density at radius 2 is 1.59 bits per heavy atom. The molecule has 1 saturated carbocycles. The molecule has 1 aromatic carbocycles. The highest BCUT2D eigenvalue weighted by Gasteiger charge is 2.21. The van der Waals surface area contributed by atoms with Gasteiger partial charge >= 0.3 is 6.01 Å². The van der Waals surface area contributed by atoms with Crippen molar-refractivity contribution in [1.82, 2.24) is 9.97 Å². The SMILES string of the molecule is CCCCCc1ccc(-c2cnc(OC[C@H]3CC[C@H](CCCCC)CC3)nc2)cc1C#N. The van der Waals surface area contributed by atoms with Crippen LogP contribution >= 0.6 is 0 Å². The van der Waals surface area contributed by atoms with E-state index in [1.807, 2.05) is 6.07 Å². The monoisotopic (exact) mass is 433 g/mol. The molecule has 0 aliphatic heterocycles. The number of rotatable bonds is 12. The average molecular weight is 434 g/mol. The molecule has 32 heavy (non-hydrogen) atoms. The number of aromatic nitrogens is 2. The van der Waals surface area contributed by atoms with Crippen molar-refractivity contribution < 1.29 is 4.74 Å². The molecule has 0 bridgehead atoms. The number of nitriles is 1. The van der Waals surface area contributed by atoms with Crippen LogP contribution in [0.4, 0.5) is 0 Å². The fourth-order valence-corrected chi connectivity index (χ4v) is 4.75. The lowest BCUT2D eigenvalue weighted by molar-refractivity contribution is 0.169. The molecule has 1 fully saturated rings. The molecule has 0 unspecified atom stereocenters. The van der Waals surface area contributed by atoms with E-state index in [9.17, 15) is 5.26 Å². The van der Waals surface area contributed by atoms with Gasteiger partial charge in [0.25, 0.3) is 0 Å². The third-order valence-corrected chi connectivity index (χ3v) is 6.87. The fourth-order valence-electron chi connectivity index (χ4n) is 4.75. The molecule has 0 N–H and O–H groups in total. The summed E-state index contributed by atoms with van der Waals surface area (Å²) in [6, 6.07) is 8.91. The molecule has 2 aromatic rings. The minimum Gasteiger partial charge on any atom is -0.463 e. The van der Waals surface area contributed by atoms with Gasteiger partial charge < -0.3 is 4.74 Å². The van der Waals surface area contributed by atoms with Gasteiger partial charge in [-0.2, -0.15) is 5.26 Å². The normalized spacial score (nSPS) is 18.3. The van der Waals surface area contributed by atoms with Crippen LogP contribution < -0.4 is 4.74 Å². The van der Waals surface area contributed by atoms with Crippen LogP contribution in [0.15, 0.2) is 30.6 Å². The van der Waals surface area contributed by atoms with Gasteiger partial charge in [-0.25, -0.2) is 9.97 Å². The first-order valence-electron chi connectivity index (χ1n) is 12.7. The maximum atomic E-state index is 9.55. The third-order valence-electron chi connectivity index (χ3n) is 6.87. The Morgan fingerprint density at radius 1 is 0.906 bits per heavy atom. The molecule has 1 aromatic heterocycles. The van der Waals surface area contributed by atoms with Gasteiger partial charge in [-0.1, -0.05) is 77.3 Å². The summed E-state index contributed by atoms with van der Waals surface area (Å²) in [5, 5.41) is 9.55. The van der Waals surface area contributed by atoms with E-state index in [2.05, 4.69) is 42.0 Å². The number of hydrogen-bond donors (Lipinski definition) is 0. The minimum atomic E-state index is 0.454. The van der Waals surface area contributed by atoms with Crippen LogP contribution in [0, 0.1) is 23.2 Å². The van der Waals surface area contributed by atoms with Crippen molar-refractivity contribution >= 4 is 0 Å². The van der Waals surface area contributed by atoms with Gasteiger partial charge in [0.1, 0.15) is 0 Å². The van der Waals surface area contributed by atoms with E-state index < -0.39 is 0 Å². The van der Waals surface area contributed by atoms with Gasteiger partial charge in [0.2, 0.25) is 0 Å². The number of aryl methyl sites for hydroxylation is 1. The van der Waals surface area contributed by atoms with E-state index in [1.165, 1.54) is 64.2 Å². The topological polar surface area (TPSA) is 58.8 Å². The van der Waals surface area contributed by atoms with Crippen LogP contribution in [-0.4, -0.2) is 16.6 Å². The second kappa shape index (κ2) is 13.2. The van der Waals surface area contributed by atoms with Gasteiger partial charge in [0.05, 0.1) is 18.2 Å². The van der Waals surface area contributed by atoms with E-state index in [1.54, 1.807) is 12.4 Å². The number of hydrogen-bond acceptors (Lipinski definition) is 4. The van der Waals surface area contributed by atoms with Crippen molar-refractivity contribution in [3.8, 4) is 23.2 Å². The lowest BCUT2D eigenvalue weighted by atomic mass is 9.80. The van der Waals surface area contributed by atoms with Gasteiger partial charge in [0, 0.05) is 18.0 Å². The summed E-state index contributed by atoms with van der Waals surface area (Å²) in [6.07, 6.45) is 18.8. The molecule has 1 aliphatic rings. The molecule has 4 nitrogen and oxygen atoms in total. The minimum absolute atomic E-state index is 0.454. The van der Waals surface area contributed by atoms with Crippen LogP contribution in [0.3, 0.4) is 0 Å². The quantitative estimate of drug-likeness (QED) is 0.325. The highest BCUT2D eigenvalue weighted by molar-refractivity contribution is 5.64. The molecule has 0 amide bonds. The Morgan fingerprint density at radius 3 is 2.28 bits per heavy atom. The zero-order valence-electron chi connectivity index (χ0n) is 20.0. The number of nitrogens with zero attached hydrogens (tertiary/aromatic N) is 3. The Kier molecular flexibility index (Phi) is 10.0. The second-order valence-electron chi connectivity index (χ2n) is 9.39. The summed E-state index contributed by atoms with van der Waals surface area (Å²) in [7, 11) is 0. The molecule has 0 saturated heterocycles. The predicted molar refractivity (Wildman–Crippen MR) is 130 cm³/mol. The maximum Gasteiger partial charge on any atom is 0.316 e. The molecule has 0 atom stereocenters. The van der Waals surface area contributed by atoms with Gasteiger partial charge in [-0.15, -0.1) is 0 Å². The van der Waals surface area contributed by atoms with Crippen molar-refractivity contribution in [2.45, 2.75) is 90.9 Å². The first kappa shape index (κ1) is 24.2. The van der Waals surface area contributed by atoms with Crippen molar-refractivity contribution in [3.63, 3.8) is 0 Å². The van der Waals surface area contributed by atoms with E-state index in [-0.39, 0.29) is 0 Å². The standard InChI is InChI=1S/C28H39N3O/c1-3-5-7-9-22-11-13-23(14-12-22)21-32-28-30-19-27(20-31-28)25-16-15-24(10-8-6-4-2)26(17-25)18-29/h15-17,19-20,22-23H,3-14,21H2,1-2H3/t22-,23-. The van der Waals surface area contributed by atoms with Crippen molar-refractivity contribution in [3.05, 3.63) is 41.7 Å². The fraction of sp³-hybridized carbons (Fsp3) is 0.607. The molecule has 0 radical (unpaired) electrons. The smallest absolute Gasteiger partial charge is 0.316 e. The van der Waals surface area contributed by atoms with Gasteiger partial charge in [-0.05, 0) is 54.7 Å². The largest absolute Gasteiger partial charge is 0.463 e. The van der Waals surface area contributed by atoms with Crippen molar-refractivity contribution in [2.24, 2.45) is 11.8 Å². The van der Waals surface area contributed by atoms with Crippen LogP contribution in [-0.2, 0) is 6.42 Å². The van der Waals surface area contributed by atoms with E-state index in [4.69, 9.17) is 4.74 Å². The molecule has 1 aliphatic carbocycles. The summed E-state index contributed by atoms with van der Waals surface area (Å²) >= 11 is 0. The summed E-state index contributed by atoms with van der Waals surface area (Å²) < 4.78 is 5.91. The summed E-state index contributed by atoms with van der Waals surface area (Å²) in [5.41, 5.74) is 3.78. The van der Waals surface area contributed by atoms with Crippen molar-refractivity contribution in [2.75, 3.05) is 6.61 Å². The van der Waals surface area contributed by atoms with Crippen LogP contribution in [0.5, 0.6) is 6.01 Å². The summed E-state index contributed by atoms with van der Waals surface area (Å²) in [6.45, 7) is 5.19. The zero-order valence-corrected chi connectivity index (χ0v) is 20.0. The predicted octanol–water partition coefficient (Wildman–Crippen LogP) is 7.51. The molecule has 1 heterocycles. The third kappa shape index (κ3) is 7.33. The number of benzene rings is 1. The molecular weight excluding hydrogens is 394 g/mol. The zero-order chi connectivity index (χ0) is 22.6.